The summed E-state index contributed by atoms with van der Waals surface area (Å²) in [6.45, 7) is 3.95. The summed E-state index contributed by atoms with van der Waals surface area (Å²) in [6, 6.07) is 3.18. The van der Waals surface area contributed by atoms with Crippen LogP contribution in [0.2, 0.25) is 0 Å². The van der Waals surface area contributed by atoms with Crippen molar-refractivity contribution >= 4 is 0 Å². The van der Waals surface area contributed by atoms with Crippen molar-refractivity contribution in [2.45, 2.75) is 26.4 Å². The summed E-state index contributed by atoms with van der Waals surface area (Å²) in [5.74, 6) is -0.268. The summed E-state index contributed by atoms with van der Waals surface area (Å²) < 4.78 is 13.3. The Hall–Kier alpha value is -0.930. The molecule has 0 heterocycles. The zero-order valence-corrected chi connectivity index (χ0v) is 8.55. The van der Waals surface area contributed by atoms with Crippen LogP contribution in [0.25, 0.3) is 0 Å². The molecule has 1 aromatic rings. The highest BCUT2D eigenvalue weighted by atomic mass is 19.1. The van der Waals surface area contributed by atoms with E-state index in [0.717, 1.165) is 5.56 Å². The SMILES string of the molecule is Cc1cc(C(O)CCN)cc(F)c1C. The number of aryl methyl sites for hydroxylation is 1. The minimum Gasteiger partial charge on any atom is -0.388 e. The average Bonchev–Trinajstić information content (AvgIpc) is 2.13. The van der Waals surface area contributed by atoms with Gasteiger partial charge < -0.3 is 10.8 Å². The molecule has 3 N–H and O–H groups in total. The number of aliphatic hydroxyl groups excluding tert-OH is 1. The smallest absolute Gasteiger partial charge is 0.126 e. The third-order valence-electron chi connectivity index (χ3n) is 2.45. The predicted octanol–water partition coefficient (Wildman–Crippen LogP) is 1.82. The Bertz CT molecular complexity index is 302. The molecule has 14 heavy (non-hydrogen) atoms. The van der Waals surface area contributed by atoms with Crippen molar-refractivity contribution in [3.8, 4) is 0 Å². The fraction of sp³-hybridized carbons (Fsp3) is 0.455. The Kier molecular flexibility index (Phi) is 3.61. The number of halogens is 1. The molecule has 78 valence electrons. The molecule has 0 radical (unpaired) electrons. The third-order valence-corrected chi connectivity index (χ3v) is 2.45. The fourth-order valence-corrected chi connectivity index (χ4v) is 1.36. The lowest BCUT2D eigenvalue weighted by Gasteiger charge is -2.12. The van der Waals surface area contributed by atoms with Crippen LogP contribution >= 0.6 is 0 Å². The molecule has 1 aromatic carbocycles. The Morgan fingerprint density at radius 1 is 1.43 bits per heavy atom. The summed E-state index contributed by atoms with van der Waals surface area (Å²) in [5.41, 5.74) is 7.42. The van der Waals surface area contributed by atoms with Crippen LogP contribution in [-0.2, 0) is 0 Å². The van der Waals surface area contributed by atoms with Gasteiger partial charge in [0.05, 0.1) is 6.10 Å². The molecule has 0 fully saturated rings. The Morgan fingerprint density at radius 2 is 2.07 bits per heavy atom. The van der Waals surface area contributed by atoms with Crippen LogP contribution in [0, 0.1) is 19.7 Å². The zero-order valence-electron chi connectivity index (χ0n) is 8.55. The molecule has 0 aliphatic heterocycles. The summed E-state index contributed by atoms with van der Waals surface area (Å²) >= 11 is 0. The molecule has 0 saturated heterocycles. The predicted molar refractivity (Wildman–Crippen MR) is 54.5 cm³/mol. The van der Waals surface area contributed by atoms with Crippen molar-refractivity contribution < 1.29 is 9.50 Å². The van der Waals surface area contributed by atoms with Gasteiger partial charge in [-0.2, -0.15) is 0 Å². The van der Waals surface area contributed by atoms with Gasteiger partial charge in [0.25, 0.3) is 0 Å². The minimum atomic E-state index is -0.659. The van der Waals surface area contributed by atoms with Gasteiger partial charge in [-0.3, -0.25) is 0 Å². The van der Waals surface area contributed by atoms with E-state index in [9.17, 15) is 9.50 Å². The minimum absolute atomic E-state index is 0.268. The molecule has 3 heteroatoms. The van der Waals surface area contributed by atoms with Crippen molar-refractivity contribution in [2.75, 3.05) is 6.54 Å². The van der Waals surface area contributed by atoms with E-state index >= 15 is 0 Å². The van der Waals surface area contributed by atoms with Crippen molar-refractivity contribution in [1.82, 2.24) is 0 Å². The molecule has 0 aliphatic carbocycles. The van der Waals surface area contributed by atoms with Crippen molar-refractivity contribution in [2.24, 2.45) is 5.73 Å². The third kappa shape index (κ3) is 2.30. The average molecular weight is 197 g/mol. The van der Waals surface area contributed by atoms with Crippen LogP contribution in [0.5, 0.6) is 0 Å². The van der Waals surface area contributed by atoms with E-state index in [4.69, 9.17) is 5.73 Å². The summed E-state index contributed by atoms with van der Waals surface area (Å²) in [7, 11) is 0. The second-order valence-corrected chi connectivity index (χ2v) is 3.54. The van der Waals surface area contributed by atoms with Crippen molar-refractivity contribution in [3.63, 3.8) is 0 Å². The van der Waals surface area contributed by atoms with Crippen LogP contribution < -0.4 is 5.73 Å². The highest BCUT2D eigenvalue weighted by Crippen LogP contribution is 2.21. The molecule has 0 aliphatic rings. The molecular formula is C11H16FNO. The number of benzene rings is 1. The van der Waals surface area contributed by atoms with Gasteiger partial charge in [0.2, 0.25) is 0 Å². The van der Waals surface area contributed by atoms with Crippen molar-refractivity contribution in [3.05, 3.63) is 34.6 Å². The van der Waals surface area contributed by atoms with Gasteiger partial charge in [-0.15, -0.1) is 0 Å². The summed E-state index contributed by atoms with van der Waals surface area (Å²) in [4.78, 5) is 0. The highest BCUT2D eigenvalue weighted by Gasteiger charge is 2.10. The lowest BCUT2D eigenvalue weighted by atomic mass is 10.0. The Labute approximate surface area is 83.6 Å². The quantitative estimate of drug-likeness (QED) is 0.776. The second-order valence-electron chi connectivity index (χ2n) is 3.54. The molecule has 0 bridgehead atoms. The maximum Gasteiger partial charge on any atom is 0.126 e. The number of nitrogens with two attached hydrogens (primary N) is 1. The first kappa shape index (κ1) is 11.1. The van der Waals surface area contributed by atoms with Gasteiger partial charge in [-0.05, 0) is 49.6 Å². The van der Waals surface area contributed by atoms with E-state index < -0.39 is 6.10 Å². The highest BCUT2D eigenvalue weighted by molar-refractivity contribution is 5.32. The van der Waals surface area contributed by atoms with Gasteiger partial charge in [0, 0.05) is 0 Å². The zero-order chi connectivity index (χ0) is 10.7. The molecule has 1 rings (SSSR count). The normalized spacial score (nSPS) is 12.9. The monoisotopic (exact) mass is 197 g/mol. The summed E-state index contributed by atoms with van der Waals surface area (Å²) in [6.07, 6.45) is -0.198. The molecule has 1 unspecified atom stereocenters. The molecule has 2 nitrogen and oxygen atoms in total. The Morgan fingerprint density at radius 3 is 2.57 bits per heavy atom. The van der Waals surface area contributed by atoms with E-state index in [1.54, 1.807) is 13.0 Å². The summed E-state index contributed by atoms with van der Waals surface area (Å²) in [5, 5.41) is 9.61. The topological polar surface area (TPSA) is 46.2 Å². The lowest BCUT2D eigenvalue weighted by Crippen LogP contribution is -2.07. The lowest BCUT2D eigenvalue weighted by molar-refractivity contribution is 0.170. The maximum atomic E-state index is 13.3. The van der Waals surface area contributed by atoms with Gasteiger partial charge in [0.15, 0.2) is 0 Å². The molecule has 0 spiro atoms. The second kappa shape index (κ2) is 4.53. The molecule has 0 amide bonds. The van der Waals surface area contributed by atoms with Gasteiger partial charge >= 0.3 is 0 Å². The van der Waals surface area contributed by atoms with E-state index in [0.29, 0.717) is 24.1 Å². The standard InChI is InChI=1S/C11H16FNO/c1-7-5-9(11(14)3-4-13)6-10(12)8(7)2/h5-6,11,14H,3-4,13H2,1-2H3. The number of hydrogen-bond acceptors (Lipinski definition) is 2. The van der Waals surface area contributed by atoms with E-state index in [-0.39, 0.29) is 5.82 Å². The van der Waals surface area contributed by atoms with Crippen molar-refractivity contribution in [1.29, 1.82) is 0 Å². The van der Waals surface area contributed by atoms with Crippen LogP contribution in [0.3, 0.4) is 0 Å². The molecule has 1 atom stereocenters. The van der Waals surface area contributed by atoms with Gasteiger partial charge in [0.1, 0.15) is 5.82 Å². The number of hydrogen-bond donors (Lipinski definition) is 2. The number of rotatable bonds is 3. The molecule has 0 saturated carbocycles. The van der Waals surface area contributed by atoms with Gasteiger partial charge in [-0.1, -0.05) is 6.07 Å². The molecule has 0 aromatic heterocycles. The van der Waals surface area contributed by atoms with E-state index in [1.807, 2.05) is 6.92 Å². The number of aliphatic hydroxyl groups is 1. The first-order valence-corrected chi connectivity index (χ1v) is 4.71. The van der Waals surface area contributed by atoms with Crippen LogP contribution in [0.1, 0.15) is 29.2 Å². The van der Waals surface area contributed by atoms with Crippen LogP contribution in [0.15, 0.2) is 12.1 Å². The van der Waals surface area contributed by atoms with E-state index in [1.165, 1.54) is 6.07 Å². The largest absolute Gasteiger partial charge is 0.388 e. The van der Waals surface area contributed by atoms with E-state index in [2.05, 4.69) is 0 Å². The van der Waals surface area contributed by atoms with Crippen LogP contribution in [0.4, 0.5) is 4.39 Å². The maximum absolute atomic E-state index is 13.3. The Balaban J connectivity index is 3.00. The molecular weight excluding hydrogens is 181 g/mol. The fourth-order valence-electron chi connectivity index (χ4n) is 1.36. The first-order chi connectivity index (χ1) is 6.56. The van der Waals surface area contributed by atoms with Crippen LogP contribution in [-0.4, -0.2) is 11.7 Å². The van der Waals surface area contributed by atoms with Gasteiger partial charge in [-0.25, -0.2) is 4.39 Å². The first-order valence-electron chi connectivity index (χ1n) is 4.71.